The van der Waals surface area contributed by atoms with Crippen LogP contribution in [0.4, 0.5) is 0 Å². The minimum Gasteiger partial charge on any atom is -0.400 e. The highest BCUT2D eigenvalue weighted by atomic mass is 16.2. The standard InChI is InChI=1S/4CH4O.H3N/c4*1-2;/h4*2H,1H3;1H3. The third-order valence-corrected chi connectivity index (χ3v) is 0. The van der Waals surface area contributed by atoms with Crippen LogP contribution >= 0.6 is 0 Å². The first-order chi connectivity index (χ1) is 4.00. The summed E-state index contributed by atoms with van der Waals surface area (Å²) in [5.74, 6) is 0. The quantitative estimate of drug-likeness (QED) is 0.287. The highest BCUT2D eigenvalue weighted by Crippen LogP contribution is 0.761. The minimum atomic E-state index is 0. The van der Waals surface area contributed by atoms with Gasteiger partial charge < -0.3 is 26.6 Å². The van der Waals surface area contributed by atoms with Gasteiger partial charge in [0.15, 0.2) is 0 Å². The molecule has 0 spiro atoms. The fraction of sp³-hybridized carbons (Fsp3) is 1.00. The first-order valence-corrected chi connectivity index (χ1v) is 1.79. The van der Waals surface area contributed by atoms with E-state index in [4.69, 9.17) is 20.4 Å². The van der Waals surface area contributed by atoms with Gasteiger partial charge in [-0.15, -0.1) is 0 Å². The molecule has 9 heavy (non-hydrogen) atoms. The van der Waals surface area contributed by atoms with Crippen LogP contribution < -0.4 is 6.15 Å². The number of rotatable bonds is 0. The Bertz CT molecular complexity index is 12.5. The van der Waals surface area contributed by atoms with Crippen molar-refractivity contribution in [1.82, 2.24) is 6.15 Å². The highest BCUT2D eigenvalue weighted by Gasteiger charge is 0.845. The van der Waals surface area contributed by atoms with E-state index in [1.54, 1.807) is 0 Å². The second-order valence-electron chi connectivity index (χ2n) is 0. The molecule has 0 aliphatic heterocycles. The summed E-state index contributed by atoms with van der Waals surface area (Å²) in [5.41, 5.74) is 0. The third kappa shape index (κ3) is 6560. The van der Waals surface area contributed by atoms with Gasteiger partial charge in [0.25, 0.3) is 0 Å². The maximum atomic E-state index is 7.00. The molecule has 0 saturated heterocycles. The van der Waals surface area contributed by atoms with E-state index < -0.39 is 0 Å². The van der Waals surface area contributed by atoms with Crippen molar-refractivity contribution >= 4 is 0 Å². The lowest BCUT2D eigenvalue weighted by Gasteiger charge is -1.21. The van der Waals surface area contributed by atoms with Crippen molar-refractivity contribution in [1.29, 1.82) is 0 Å². The molecule has 0 unspecified atom stereocenters. The number of hydrogen-bond acceptors (Lipinski definition) is 5. The Morgan fingerprint density at radius 2 is 0.444 bits per heavy atom. The van der Waals surface area contributed by atoms with Crippen molar-refractivity contribution in [2.75, 3.05) is 28.4 Å². The van der Waals surface area contributed by atoms with Crippen LogP contribution in [0.15, 0.2) is 0 Å². The summed E-state index contributed by atoms with van der Waals surface area (Å²) >= 11 is 0. The van der Waals surface area contributed by atoms with Gasteiger partial charge in [0.1, 0.15) is 0 Å². The van der Waals surface area contributed by atoms with E-state index in [0.717, 1.165) is 28.4 Å². The average Bonchev–Trinajstić information content (AvgIpc) is 2.03. The minimum absolute atomic E-state index is 0. The molecule has 0 aliphatic rings. The molecule has 0 aromatic heterocycles. The lowest BCUT2D eigenvalue weighted by molar-refractivity contribution is 0.399. The molecule has 7 N–H and O–H groups in total. The van der Waals surface area contributed by atoms with Gasteiger partial charge in [-0.05, 0) is 0 Å². The summed E-state index contributed by atoms with van der Waals surface area (Å²) in [6, 6.07) is 0. The van der Waals surface area contributed by atoms with Crippen molar-refractivity contribution in [3.63, 3.8) is 0 Å². The Hall–Kier alpha value is -0.200. The number of aliphatic hydroxyl groups is 4. The lowest BCUT2D eigenvalue weighted by Crippen LogP contribution is -1.25. The molecular formula is C4H19NO4. The smallest absolute Gasteiger partial charge is 0.0319 e. The topological polar surface area (TPSA) is 116 Å². The van der Waals surface area contributed by atoms with Crippen LogP contribution in [0.25, 0.3) is 0 Å². The Morgan fingerprint density at radius 3 is 0.444 bits per heavy atom. The number of hydrogen-bond donors (Lipinski definition) is 5. The molecule has 0 rings (SSSR count). The van der Waals surface area contributed by atoms with E-state index in [-0.39, 0.29) is 6.15 Å². The fourth-order valence-electron chi connectivity index (χ4n) is 0. The number of aliphatic hydroxyl groups excluding tert-OH is 4. The van der Waals surface area contributed by atoms with Crippen LogP contribution in [-0.4, -0.2) is 48.9 Å². The van der Waals surface area contributed by atoms with E-state index >= 15 is 0 Å². The summed E-state index contributed by atoms with van der Waals surface area (Å²) in [6.07, 6.45) is 0. The van der Waals surface area contributed by atoms with Gasteiger partial charge in [-0.25, -0.2) is 0 Å². The van der Waals surface area contributed by atoms with Gasteiger partial charge in [-0.2, -0.15) is 0 Å². The Balaban J connectivity index is -0.00000000762. The monoisotopic (exact) mass is 145 g/mol. The molecule has 0 amide bonds. The molecular weight excluding hydrogens is 126 g/mol. The normalized spacial score (nSPS) is 2.67. The van der Waals surface area contributed by atoms with Gasteiger partial charge in [-0.1, -0.05) is 0 Å². The zero-order chi connectivity index (χ0) is 8.00. The van der Waals surface area contributed by atoms with E-state index in [1.807, 2.05) is 0 Å². The summed E-state index contributed by atoms with van der Waals surface area (Å²) in [4.78, 5) is 0. The van der Waals surface area contributed by atoms with E-state index in [9.17, 15) is 0 Å². The molecule has 5 heteroatoms. The Morgan fingerprint density at radius 1 is 0.444 bits per heavy atom. The first-order valence-electron chi connectivity index (χ1n) is 1.79. The summed E-state index contributed by atoms with van der Waals surface area (Å²) in [6.45, 7) is 0. The van der Waals surface area contributed by atoms with Gasteiger partial charge in [0.2, 0.25) is 0 Å². The summed E-state index contributed by atoms with van der Waals surface area (Å²) in [7, 11) is 4.00. The molecule has 0 fully saturated rings. The van der Waals surface area contributed by atoms with Gasteiger partial charge in [0.05, 0.1) is 0 Å². The maximum Gasteiger partial charge on any atom is 0.0319 e. The van der Waals surface area contributed by atoms with Crippen LogP contribution in [0.5, 0.6) is 0 Å². The van der Waals surface area contributed by atoms with Crippen LogP contribution in [-0.2, 0) is 0 Å². The summed E-state index contributed by atoms with van der Waals surface area (Å²) in [5, 5.41) is 28.0. The average molecular weight is 145 g/mol. The zero-order valence-corrected chi connectivity index (χ0v) is 6.50. The van der Waals surface area contributed by atoms with E-state index in [2.05, 4.69) is 0 Å². The van der Waals surface area contributed by atoms with E-state index in [1.165, 1.54) is 0 Å². The predicted octanol–water partition coefficient (Wildman–Crippen LogP) is -1.40. The van der Waals surface area contributed by atoms with Crippen LogP contribution in [0.3, 0.4) is 0 Å². The van der Waals surface area contributed by atoms with Gasteiger partial charge in [0, 0.05) is 28.4 Å². The Kier molecular flexibility index (Phi) is 37100. The molecule has 0 aromatic rings. The van der Waals surface area contributed by atoms with Gasteiger partial charge >= 0.3 is 0 Å². The molecule has 0 atom stereocenters. The zero-order valence-electron chi connectivity index (χ0n) is 6.50. The first kappa shape index (κ1) is 37.1. The maximum absolute atomic E-state index is 7.00. The molecule has 0 aliphatic carbocycles. The summed E-state index contributed by atoms with van der Waals surface area (Å²) < 4.78 is 0. The molecule has 64 valence electrons. The van der Waals surface area contributed by atoms with Crippen molar-refractivity contribution in [3.05, 3.63) is 0 Å². The SMILES string of the molecule is CO.CO.CO.CO.N. The largest absolute Gasteiger partial charge is 0.400 e. The Labute approximate surface area is 56.2 Å². The predicted molar refractivity (Wildman–Crippen MR) is 37.6 cm³/mol. The van der Waals surface area contributed by atoms with Crippen LogP contribution in [0, 0.1) is 0 Å². The van der Waals surface area contributed by atoms with Crippen molar-refractivity contribution in [2.45, 2.75) is 0 Å². The fourth-order valence-corrected chi connectivity index (χ4v) is 0. The molecule has 0 saturated carbocycles. The molecule has 0 bridgehead atoms. The molecule has 0 radical (unpaired) electrons. The lowest BCUT2D eigenvalue weighted by atomic mass is 11.8. The molecule has 0 aromatic carbocycles. The highest BCUT2D eigenvalue weighted by molar-refractivity contribution is 3.18. The van der Waals surface area contributed by atoms with Crippen LogP contribution in [0.1, 0.15) is 0 Å². The second kappa shape index (κ2) is 9020. The van der Waals surface area contributed by atoms with Gasteiger partial charge in [-0.3, -0.25) is 0 Å². The van der Waals surface area contributed by atoms with Crippen molar-refractivity contribution in [3.8, 4) is 0 Å². The molecule has 5 nitrogen and oxygen atoms in total. The third-order valence-electron chi connectivity index (χ3n) is 0. The second-order valence-corrected chi connectivity index (χ2v) is 0. The van der Waals surface area contributed by atoms with Crippen molar-refractivity contribution in [2.24, 2.45) is 0 Å². The molecule has 0 heterocycles. The van der Waals surface area contributed by atoms with Crippen LogP contribution in [0.2, 0.25) is 0 Å². The van der Waals surface area contributed by atoms with Crippen molar-refractivity contribution < 1.29 is 20.4 Å². The van der Waals surface area contributed by atoms with E-state index in [0.29, 0.717) is 0 Å².